The molecule has 9 nitrogen and oxygen atoms in total. The molecular weight excluding hydrogens is 431 g/mol. The molecule has 1 N–H and O–H groups in total. The molecule has 1 aliphatic carbocycles. The van der Waals surface area contributed by atoms with Gasteiger partial charge in [0.05, 0.1) is 22.9 Å². The predicted octanol–water partition coefficient (Wildman–Crippen LogP) is 1.41. The van der Waals surface area contributed by atoms with Gasteiger partial charge in [-0.1, -0.05) is 17.7 Å². The number of benzene rings is 1. The first-order valence-corrected chi connectivity index (χ1v) is 9.81. The predicted molar refractivity (Wildman–Crippen MR) is 110 cm³/mol. The first-order valence-electron chi connectivity index (χ1n) is 9.43. The number of allylic oxidation sites excluding steroid dienone is 1. The van der Waals surface area contributed by atoms with Crippen LogP contribution in [0.25, 0.3) is 5.69 Å². The Hall–Kier alpha value is -3.53. The molecule has 11 heteroatoms. The lowest BCUT2D eigenvalue weighted by Gasteiger charge is -2.18. The SMILES string of the molecule is C=CCn1c(=O)[nH]c(=O)n(-c2cc(N3C(=O)C4=C(CCCC4)C3=O)c(F)cc2Cl)c1=O. The van der Waals surface area contributed by atoms with Gasteiger partial charge in [-0.05, 0) is 37.8 Å². The maximum Gasteiger partial charge on any atom is 0.341 e. The van der Waals surface area contributed by atoms with Crippen LogP contribution in [0.5, 0.6) is 0 Å². The summed E-state index contributed by atoms with van der Waals surface area (Å²) in [5, 5.41) is -0.325. The van der Waals surface area contributed by atoms with Gasteiger partial charge in [-0.15, -0.1) is 6.58 Å². The lowest BCUT2D eigenvalue weighted by Crippen LogP contribution is -2.48. The highest BCUT2D eigenvalue weighted by Crippen LogP contribution is 2.38. The zero-order chi connectivity index (χ0) is 22.4. The third-order valence-electron chi connectivity index (χ3n) is 5.28. The van der Waals surface area contributed by atoms with Gasteiger partial charge in [-0.3, -0.25) is 14.6 Å². The van der Waals surface area contributed by atoms with Gasteiger partial charge in [-0.2, -0.15) is 0 Å². The number of amides is 2. The van der Waals surface area contributed by atoms with Gasteiger partial charge in [-0.25, -0.2) is 32.8 Å². The zero-order valence-corrected chi connectivity index (χ0v) is 16.9. The fourth-order valence-electron chi connectivity index (χ4n) is 3.84. The van der Waals surface area contributed by atoms with Crippen molar-refractivity contribution >= 4 is 29.1 Å². The minimum atomic E-state index is -1.11. The van der Waals surface area contributed by atoms with E-state index in [1.54, 1.807) is 0 Å². The number of halogens is 2. The molecule has 2 aromatic rings. The minimum Gasteiger partial charge on any atom is -0.269 e. The molecule has 0 saturated carbocycles. The lowest BCUT2D eigenvalue weighted by molar-refractivity contribution is -0.120. The Morgan fingerprint density at radius 2 is 1.61 bits per heavy atom. The number of hydrogen-bond acceptors (Lipinski definition) is 5. The molecule has 0 spiro atoms. The molecule has 2 amide bonds. The van der Waals surface area contributed by atoms with Gasteiger partial charge in [0.1, 0.15) is 5.82 Å². The summed E-state index contributed by atoms with van der Waals surface area (Å²) < 4.78 is 16.0. The Morgan fingerprint density at radius 1 is 1.00 bits per heavy atom. The van der Waals surface area contributed by atoms with Crippen LogP contribution in [-0.4, -0.2) is 25.9 Å². The van der Waals surface area contributed by atoms with Crippen LogP contribution in [0.4, 0.5) is 10.1 Å². The largest absolute Gasteiger partial charge is 0.341 e. The molecule has 1 aromatic heterocycles. The molecular formula is C20H16ClFN4O5. The number of carbonyl (C=O) groups excluding carboxylic acids is 2. The Balaban J connectivity index is 1.92. The van der Waals surface area contributed by atoms with Crippen LogP contribution < -0.4 is 22.0 Å². The first kappa shape index (κ1) is 20.7. The van der Waals surface area contributed by atoms with Crippen LogP contribution in [0.1, 0.15) is 25.7 Å². The smallest absolute Gasteiger partial charge is 0.269 e. The monoisotopic (exact) mass is 446 g/mol. The first-order chi connectivity index (χ1) is 14.8. The highest BCUT2D eigenvalue weighted by atomic mass is 35.5. The number of aromatic nitrogens is 3. The van der Waals surface area contributed by atoms with Crippen LogP contribution >= 0.6 is 11.6 Å². The van der Waals surface area contributed by atoms with Crippen LogP contribution in [-0.2, 0) is 16.1 Å². The van der Waals surface area contributed by atoms with E-state index in [4.69, 9.17) is 11.6 Å². The van der Waals surface area contributed by atoms with Crippen molar-refractivity contribution in [3.8, 4) is 5.69 Å². The number of imide groups is 1. The van der Waals surface area contributed by atoms with Crippen LogP contribution in [0.3, 0.4) is 0 Å². The number of aromatic amines is 1. The topological polar surface area (TPSA) is 114 Å². The molecule has 0 radical (unpaired) electrons. The zero-order valence-electron chi connectivity index (χ0n) is 16.1. The molecule has 0 saturated heterocycles. The van der Waals surface area contributed by atoms with E-state index in [0.29, 0.717) is 38.0 Å². The van der Waals surface area contributed by atoms with Crippen molar-refractivity contribution in [2.45, 2.75) is 32.2 Å². The van der Waals surface area contributed by atoms with Crippen LogP contribution in [0.2, 0.25) is 5.02 Å². The van der Waals surface area contributed by atoms with Crippen molar-refractivity contribution in [1.29, 1.82) is 0 Å². The fourth-order valence-corrected chi connectivity index (χ4v) is 4.07. The lowest BCUT2D eigenvalue weighted by atomic mass is 9.93. The van der Waals surface area contributed by atoms with Gasteiger partial charge in [0, 0.05) is 11.1 Å². The number of rotatable bonds is 4. The van der Waals surface area contributed by atoms with Crippen LogP contribution in [0, 0.1) is 5.82 Å². The van der Waals surface area contributed by atoms with Gasteiger partial charge >= 0.3 is 17.1 Å². The Labute approximate surface area is 178 Å². The average Bonchev–Trinajstić information content (AvgIpc) is 2.97. The van der Waals surface area contributed by atoms with Gasteiger partial charge in [0.15, 0.2) is 0 Å². The fraction of sp³-hybridized carbons (Fsp3) is 0.250. The van der Waals surface area contributed by atoms with E-state index in [0.717, 1.165) is 25.0 Å². The highest BCUT2D eigenvalue weighted by molar-refractivity contribution is 6.34. The number of nitrogens with zero attached hydrogens (tertiary/aromatic N) is 3. The van der Waals surface area contributed by atoms with Gasteiger partial charge in [0.25, 0.3) is 11.8 Å². The second-order valence-electron chi connectivity index (χ2n) is 7.12. The van der Waals surface area contributed by atoms with Gasteiger partial charge < -0.3 is 0 Å². The molecule has 4 rings (SSSR count). The highest BCUT2D eigenvalue weighted by Gasteiger charge is 2.41. The summed E-state index contributed by atoms with van der Waals surface area (Å²) in [5.74, 6) is -2.24. The van der Waals surface area contributed by atoms with Crippen molar-refractivity contribution in [2.24, 2.45) is 0 Å². The maximum absolute atomic E-state index is 14.8. The Kier molecular flexibility index (Phi) is 5.10. The van der Waals surface area contributed by atoms with E-state index >= 15 is 0 Å². The van der Waals surface area contributed by atoms with E-state index in [-0.39, 0.29) is 17.3 Å². The second-order valence-corrected chi connectivity index (χ2v) is 7.52. The van der Waals surface area contributed by atoms with Crippen molar-refractivity contribution in [3.63, 3.8) is 0 Å². The summed E-state index contributed by atoms with van der Waals surface area (Å²) in [6.45, 7) is 3.25. The molecule has 0 atom stereocenters. The minimum absolute atomic E-state index is 0.195. The standard InChI is InChI=1S/C20H16ClFN4O5/c1-2-7-24-18(29)23-19(30)26(20(24)31)14-9-15(13(22)8-12(14)21)25-16(27)10-5-3-4-6-11(10)17(25)28/h2,8-9H,1,3-7H2,(H,23,29,30). The Morgan fingerprint density at radius 3 is 2.19 bits per heavy atom. The number of H-pyrrole nitrogens is 1. The van der Waals surface area contributed by atoms with E-state index in [1.165, 1.54) is 6.08 Å². The average molecular weight is 447 g/mol. The molecule has 31 heavy (non-hydrogen) atoms. The summed E-state index contributed by atoms with van der Waals surface area (Å²) >= 11 is 6.09. The van der Waals surface area contributed by atoms with Crippen molar-refractivity contribution in [2.75, 3.05) is 4.90 Å². The number of carbonyl (C=O) groups is 2. The molecule has 160 valence electrons. The molecule has 0 bridgehead atoms. The normalized spacial score (nSPS) is 16.1. The van der Waals surface area contributed by atoms with Crippen molar-refractivity contribution in [3.05, 3.63) is 78.2 Å². The van der Waals surface area contributed by atoms with Crippen molar-refractivity contribution in [1.82, 2.24) is 14.1 Å². The van der Waals surface area contributed by atoms with Gasteiger partial charge in [0.2, 0.25) is 0 Å². The second kappa shape index (κ2) is 7.62. The third kappa shape index (κ3) is 3.19. The molecule has 2 heterocycles. The number of anilines is 1. The van der Waals surface area contributed by atoms with E-state index in [2.05, 4.69) is 6.58 Å². The maximum atomic E-state index is 14.8. The molecule has 0 unspecified atom stereocenters. The summed E-state index contributed by atoms with van der Waals surface area (Å²) in [4.78, 5) is 65.4. The van der Waals surface area contributed by atoms with E-state index in [1.807, 2.05) is 4.98 Å². The van der Waals surface area contributed by atoms with Crippen molar-refractivity contribution < 1.29 is 14.0 Å². The van der Waals surface area contributed by atoms with E-state index in [9.17, 15) is 28.4 Å². The molecule has 1 aromatic carbocycles. The van der Waals surface area contributed by atoms with E-state index < -0.39 is 40.4 Å². The summed E-state index contributed by atoms with van der Waals surface area (Å²) in [5.41, 5.74) is -3.12. The summed E-state index contributed by atoms with van der Waals surface area (Å²) in [6, 6.07) is 1.78. The quantitative estimate of drug-likeness (QED) is 0.563. The molecule has 0 fully saturated rings. The third-order valence-corrected chi connectivity index (χ3v) is 5.59. The number of hydrogen-bond donors (Lipinski definition) is 1. The summed E-state index contributed by atoms with van der Waals surface area (Å²) in [6.07, 6.45) is 3.61. The van der Waals surface area contributed by atoms with Crippen LogP contribution in [0.15, 0.2) is 50.3 Å². The molecule has 2 aliphatic rings. The molecule has 1 aliphatic heterocycles. The summed E-state index contributed by atoms with van der Waals surface area (Å²) in [7, 11) is 0. The number of nitrogens with one attached hydrogen (secondary N) is 1. The Bertz CT molecular complexity index is 1340.